The van der Waals surface area contributed by atoms with Crippen LogP contribution in [0.15, 0.2) is 54.6 Å². The predicted molar refractivity (Wildman–Crippen MR) is 68.6 cm³/mol. The van der Waals surface area contributed by atoms with Gasteiger partial charge in [-0.1, -0.05) is 67.0 Å². The summed E-state index contributed by atoms with van der Waals surface area (Å²) in [5.41, 5.74) is 4.10. The third kappa shape index (κ3) is 2.30. The molecule has 0 nitrogen and oxygen atoms in total. The van der Waals surface area contributed by atoms with E-state index in [1.807, 2.05) is 0 Å². The van der Waals surface area contributed by atoms with Crippen LogP contribution in [0.1, 0.15) is 24.0 Å². The Labute approximate surface area is 92.4 Å². The molecule has 0 saturated carbocycles. The molecule has 0 N–H and O–H groups in total. The van der Waals surface area contributed by atoms with Crippen molar-refractivity contribution in [1.82, 2.24) is 0 Å². The monoisotopic (exact) mass is 194 g/mol. The average molecular weight is 194 g/mol. The van der Waals surface area contributed by atoms with Gasteiger partial charge in [-0.25, -0.2) is 0 Å². The highest BCUT2D eigenvalue weighted by Crippen LogP contribution is 2.22. The summed E-state index contributed by atoms with van der Waals surface area (Å²) in [7, 11) is 2.14. The summed E-state index contributed by atoms with van der Waals surface area (Å²) in [5.74, 6) is 0.478. The van der Waals surface area contributed by atoms with Crippen LogP contribution in [0.4, 0.5) is 0 Å². The first-order valence-corrected chi connectivity index (χ1v) is 5.39. The van der Waals surface area contributed by atoms with Gasteiger partial charge in [0.1, 0.15) is 7.85 Å². The molecule has 0 aliphatic carbocycles. The molecule has 0 spiro atoms. The summed E-state index contributed by atoms with van der Waals surface area (Å²) in [4.78, 5) is 0. The Morgan fingerprint density at radius 3 is 2.20 bits per heavy atom. The molecule has 2 rings (SSSR count). The van der Waals surface area contributed by atoms with Gasteiger partial charge in [0.15, 0.2) is 0 Å². The summed E-state index contributed by atoms with van der Waals surface area (Å²) in [6.45, 7) is 2.25. The molecule has 0 fully saturated rings. The third-order valence-corrected chi connectivity index (χ3v) is 2.84. The van der Waals surface area contributed by atoms with E-state index in [2.05, 4.69) is 69.4 Å². The summed E-state index contributed by atoms with van der Waals surface area (Å²) in [6, 6.07) is 19.4. The van der Waals surface area contributed by atoms with E-state index in [4.69, 9.17) is 0 Å². The molecule has 1 heteroatoms. The number of hydrogen-bond acceptors (Lipinski definition) is 0. The lowest BCUT2D eigenvalue weighted by atomic mass is 9.88. The van der Waals surface area contributed by atoms with Crippen molar-refractivity contribution >= 4 is 13.3 Å². The molecule has 0 heterocycles. The minimum atomic E-state index is 0.478. The summed E-state index contributed by atoms with van der Waals surface area (Å²) >= 11 is 0. The number of benzene rings is 2. The van der Waals surface area contributed by atoms with E-state index in [1.165, 1.54) is 16.6 Å². The molecular weight excluding hydrogens is 179 g/mol. The van der Waals surface area contributed by atoms with Crippen molar-refractivity contribution in [3.05, 3.63) is 65.7 Å². The minimum absolute atomic E-state index is 0.478. The average Bonchev–Trinajstić information content (AvgIpc) is 2.29. The first-order chi connectivity index (χ1) is 7.27. The fraction of sp³-hybridized carbons (Fsp3) is 0.143. The van der Waals surface area contributed by atoms with Gasteiger partial charge in [-0.15, -0.1) is 0 Å². The lowest BCUT2D eigenvalue weighted by molar-refractivity contribution is 0.924. The van der Waals surface area contributed by atoms with E-state index in [0.29, 0.717) is 5.92 Å². The summed E-state index contributed by atoms with van der Waals surface area (Å²) in [5, 5.41) is 0. The maximum Gasteiger partial charge on any atom is 0.139 e. The van der Waals surface area contributed by atoms with Crippen LogP contribution >= 0.6 is 0 Å². The van der Waals surface area contributed by atoms with Crippen molar-refractivity contribution in [2.24, 2.45) is 0 Å². The second-order valence-electron chi connectivity index (χ2n) is 4.05. The third-order valence-electron chi connectivity index (χ3n) is 2.84. The molecule has 2 aromatic carbocycles. The van der Waals surface area contributed by atoms with E-state index in [-0.39, 0.29) is 0 Å². The largest absolute Gasteiger partial charge is 0.139 e. The Hall–Kier alpha value is -1.50. The van der Waals surface area contributed by atoms with Crippen molar-refractivity contribution in [3.8, 4) is 0 Å². The van der Waals surface area contributed by atoms with Crippen LogP contribution in [-0.2, 0) is 0 Å². The Morgan fingerprint density at radius 1 is 0.867 bits per heavy atom. The second kappa shape index (κ2) is 4.35. The van der Waals surface area contributed by atoms with Gasteiger partial charge < -0.3 is 0 Å². The van der Waals surface area contributed by atoms with E-state index in [1.54, 1.807) is 0 Å². The van der Waals surface area contributed by atoms with E-state index >= 15 is 0 Å². The fourth-order valence-electron chi connectivity index (χ4n) is 1.87. The molecule has 2 aromatic rings. The van der Waals surface area contributed by atoms with Gasteiger partial charge in [-0.3, -0.25) is 0 Å². The van der Waals surface area contributed by atoms with Gasteiger partial charge in [0.25, 0.3) is 0 Å². The molecule has 0 unspecified atom stereocenters. The zero-order chi connectivity index (χ0) is 10.7. The molecule has 0 saturated heterocycles. The molecule has 1 atom stereocenters. The highest BCUT2D eigenvalue weighted by molar-refractivity contribution is 6.32. The molecule has 15 heavy (non-hydrogen) atoms. The fourth-order valence-corrected chi connectivity index (χ4v) is 1.87. The molecule has 0 amide bonds. The lowest BCUT2D eigenvalue weighted by Crippen LogP contribution is -2.05. The zero-order valence-electron chi connectivity index (χ0n) is 9.27. The Balaban J connectivity index is 2.32. The normalized spacial score (nSPS) is 12.3. The number of rotatable bonds is 2. The van der Waals surface area contributed by atoms with Crippen LogP contribution in [0.5, 0.6) is 0 Å². The first kappa shape index (κ1) is 10.0. The smallest absolute Gasteiger partial charge is 0.0887 e. The Morgan fingerprint density at radius 2 is 1.53 bits per heavy atom. The van der Waals surface area contributed by atoms with Gasteiger partial charge in [0.2, 0.25) is 0 Å². The van der Waals surface area contributed by atoms with Gasteiger partial charge >= 0.3 is 0 Å². The van der Waals surface area contributed by atoms with Gasteiger partial charge in [-0.05, 0) is 11.1 Å². The molecule has 74 valence electrons. The van der Waals surface area contributed by atoms with Gasteiger partial charge in [0, 0.05) is 5.92 Å². The van der Waals surface area contributed by atoms with Crippen LogP contribution in [0, 0.1) is 0 Å². The molecular formula is C14H15B. The van der Waals surface area contributed by atoms with Crippen LogP contribution < -0.4 is 5.46 Å². The van der Waals surface area contributed by atoms with Crippen LogP contribution in [0.25, 0.3) is 0 Å². The Kier molecular flexibility index (Phi) is 2.91. The quantitative estimate of drug-likeness (QED) is 0.642. The topological polar surface area (TPSA) is 0 Å². The van der Waals surface area contributed by atoms with Crippen molar-refractivity contribution in [3.63, 3.8) is 0 Å². The molecule has 0 bridgehead atoms. The molecule has 0 aromatic heterocycles. The van der Waals surface area contributed by atoms with Crippen molar-refractivity contribution in [2.45, 2.75) is 12.8 Å². The summed E-state index contributed by atoms with van der Waals surface area (Å²) < 4.78 is 0. The predicted octanol–water partition coefficient (Wildman–Crippen LogP) is 2.10. The van der Waals surface area contributed by atoms with Gasteiger partial charge in [0.05, 0.1) is 0 Å². The number of hydrogen-bond donors (Lipinski definition) is 0. The maximum atomic E-state index is 2.26. The van der Waals surface area contributed by atoms with Gasteiger partial charge in [-0.2, -0.15) is 0 Å². The molecule has 0 aliphatic rings. The van der Waals surface area contributed by atoms with E-state index in [0.717, 1.165) is 0 Å². The molecule has 0 radical (unpaired) electrons. The highest BCUT2D eigenvalue weighted by atomic mass is 14.1. The van der Waals surface area contributed by atoms with Crippen LogP contribution in [0.2, 0.25) is 0 Å². The van der Waals surface area contributed by atoms with E-state index in [9.17, 15) is 0 Å². The van der Waals surface area contributed by atoms with Crippen molar-refractivity contribution < 1.29 is 0 Å². The van der Waals surface area contributed by atoms with E-state index < -0.39 is 0 Å². The highest BCUT2D eigenvalue weighted by Gasteiger charge is 2.06. The maximum absolute atomic E-state index is 2.26. The summed E-state index contributed by atoms with van der Waals surface area (Å²) in [6.07, 6.45) is 0. The Bertz CT molecular complexity index is 434. The SMILES string of the molecule is Bc1cccc([C@@H](C)c2ccccc2)c1. The molecule has 0 aliphatic heterocycles. The van der Waals surface area contributed by atoms with Crippen LogP contribution in [0.3, 0.4) is 0 Å². The van der Waals surface area contributed by atoms with Crippen molar-refractivity contribution in [1.29, 1.82) is 0 Å². The second-order valence-corrected chi connectivity index (χ2v) is 4.05. The van der Waals surface area contributed by atoms with Crippen LogP contribution in [-0.4, -0.2) is 7.85 Å². The standard InChI is InChI=1S/C14H15B/c1-11(12-6-3-2-4-7-12)13-8-5-9-14(15)10-13/h2-11H,15H2,1H3/t11-/m0/s1. The van der Waals surface area contributed by atoms with Crippen molar-refractivity contribution in [2.75, 3.05) is 0 Å². The zero-order valence-corrected chi connectivity index (χ0v) is 9.27. The minimum Gasteiger partial charge on any atom is -0.0887 e. The lowest BCUT2D eigenvalue weighted by Gasteiger charge is -2.12. The first-order valence-electron chi connectivity index (χ1n) is 5.39.